The summed E-state index contributed by atoms with van der Waals surface area (Å²) in [7, 11) is -4.61. The Labute approximate surface area is 256 Å². The molecule has 198 valence electrons. The van der Waals surface area contributed by atoms with E-state index >= 15 is 0 Å². The molecule has 0 aromatic carbocycles. The van der Waals surface area contributed by atoms with Crippen molar-refractivity contribution < 1.29 is 68.5 Å². The predicted octanol–water partition coefficient (Wildman–Crippen LogP) is 6.26. The average Bonchev–Trinajstić information content (AvgIpc) is 2.78. The molecular formula is C28H55KO4S. The second-order valence-corrected chi connectivity index (χ2v) is 10.9. The zero-order valence-corrected chi connectivity index (χ0v) is 27.0. The summed E-state index contributed by atoms with van der Waals surface area (Å²) < 4.78 is 37.1. The van der Waals surface area contributed by atoms with Gasteiger partial charge in [0.15, 0.2) is 0 Å². The van der Waals surface area contributed by atoms with E-state index in [4.69, 9.17) is 0 Å². The van der Waals surface area contributed by atoms with E-state index in [2.05, 4.69) is 30.2 Å². The maximum absolute atomic E-state index is 10.9. The minimum Gasteiger partial charge on any atom is -0.726 e. The second-order valence-electron chi connectivity index (χ2n) is 9.82. The largest absolute Gasteiger partial charge is 1.00 e. The van der Waals surface area contributed by atoms with Gasteiger partial charge >= 0.3 is 51.4 Å². The summed E-state index contributed by atoms with van der Waals surface area (Å²) in [6.07, 6.45) is 32.2. The SMILES string of the molecule is CCCCCCCCCC/C=C/C(CCCCCCCCCCCCCC)COS(=O)(=O)[O-].[K+]. The normalized spacial score (nSPS) is 12.8. The van der Waals surface area contributed by atoms with Crippen molar-refractivity contribution in [3.63, 3.8) is 0 Å². The fourth-order valence-corrected chi connectivity index (χ4v) is 4.68. The molecule has 0 aliphatic heterocycles. The second kappa shape index (κ2) is 28.8. The third kappa shape index (κ3) is 31.3. The Morgan fingerprint density at radius 2 is 1.03 bits per heavy atom. The van der Waals surface area contributed by atoms with Crippen LogP contribution in [0.4, 0.5) is 0 Å². The molecule has 0 saturated carbocycles. The molecule has 6 heteroatoms. The topological polar surface area (TPSA) is 66.4 Å². The molecule has 4 nitrogen and oxygen atoms in total. The van der Waals surface area contributed by atoms with E-state index in [1.54, 1.807) is 0 Å². The molecule has 0 spiro atoms. The summed E-state index contributed by atoms with van der Waals surface area (Å²) in [4.78, 5) is 0. The Morgan fingerprint density at radius 3 is 1.44 bits per heavy atom. The van der Waals surface area contributed by atoms with Gasteiger partial charge in [0.05, 0.1) is 6.61 Å². The Balaban J connectivity index is 0. The molecule has 0 saturated heterocycles. The van der Waals surface area contributed by atoms with E-state index in [1.165, 1.54) is 122 Å². The number of allylic oxidation sites excluding steroid dienone is 1. The molecule has 0 bridgehead atoms. The third-order valence-electron chi connectivity index (χ3n) is 6.49. The van der Waals surface area contributed by atoms with Crippen LogP contribution in [0.3, 0.4) is 0 Å². The van der Waals surface area contributed by atoms with E-state index in [9.17, 15) is 13.0 Å². The van der Waals surface area contributed by atoms with Crippen LogP contribution in [0.2, 0.25) is 0 Å². The van der Waals surface area contributed by atoms with Crippen LogP contribution < -0.4 is 51.4 Å². The fourth-order valence-electron chi connectivity index (χ4n) is 4.34. The van der Waals surface area contributed by atoms with Crippen LogP contribution in [0, 0.1) is 5.92 Å². The molecule has 1 unspecified atom stereocenters. The van der Waals surface area contributed by atoms with Crippen LogP contribution in [-0.4, -0.2) is 19.6 Å². The van der Waals surface area contributed by atoms with Crippen molar-refractivity contribution in [3.8, 4) is 0 Å². The molecule has 0 heterocycles. The molecule has 1 atom stereocenters. The minimum atomic E-state index is -4.61. The van der Waals surface area contributed by atoms with Gasteiger partial charge in [-0.25, -0.2) is 8.42 Å². The number of hydrogen-bond acceptors (Lipinski definition) is 4. The van der Waals surface area contributed by atoms with Gasteiger partial charge in [0.25, 0.3) is 0 Å². The maximum atomic E-state index is 10.9. The summed E-state index contributed by atoms with van der Waals surface area (Å²) in [6, 6.07) is 0. The van der Waals surface area contributed by atoms with Gasteiger partial charge in [0.2, 0.25) is 10.4 Å². The first-order chi connectivity index (χ1) is 16.0. The van der Waals surface area contributed by atoms with Crippen molar-refractivity contribution in [2.75, 3.05) is 6.61 Å². The molecule has 0 aromatic heterocycles. The summed E-state index contributed by atoms with van der Waals surface area (Å²) in [5, 5.41) is 0. The van der Waals surface area contributed by atoms with Crippen LogP contribution >= 0.6 is 0 Å². The molecule has 0 aromatic rings. The Hall–Kier alpha value is 1.25. The van der Waals surface area contributed by atoms with Gasteiger partial charge < -0.3 is 4.55 Å². The Morgan fingerprint density at radius 1 is 0.647 bits per heavy atom. The van der Waals surface area contributed by atoms with Crippen molar-refractivity contribution in [1.82, 2.24) is 0 Å². The molecular weight excluding hydrogens is 471 g/mol. The molecule has 0 fully saturated rings. The summed E-state index contributed by atoms with van der Waals surface area (Å²) >= 11 is 0. The zero-order valence-electron chi connectivity index (χ0n) is 23.0. The van der Waals surface area contributed by atoms with E-state index in [1.807, 2.05) is 0 Å². The predicted molar refractivity (Wildman–Crippen MR) is 141 cm³/mol. The average molecular weight is 527 g/mol. The summed E-state index contributed by atoms with van der Waals surface area (Å²) in [5.41, 5.74) is 0. The van der Waals surface area contributed by atoms with Crippen LogP contribution in [-0.2, 0) is 14.6 Å². The van der Waals surface area contributed by atoms with E-state index in [0.29, 0.717) is 0 Å². The van der Waals surface area contributed by atoms with Gasteiger partial charge in [-0.05, 0) is 19.3 Å². The minimum absolute atomic E-state index is 0. The number of hydrogen-bond donors (Lipinski definition) is 0. The van der Waals surface area contributed by atoms with Crippen molar-refractivity contribution in [3.05, 3.63) is 12.2 Å². The molecule has 0 aliphatic rings. The molecule has 0 N–H and O–H groups in total. The standard InChI is InChI=1S/C28H56O4S.K/c1-3-5-7-9-11-13-15-16-18-20-22-24-26-28(27-32-33(29,30)31)25-23-21-19-17-14-12-10-8-6-4-2;/h23,25,28H,3-22,24,26-27H2,1-2H3,(H,29,30,31);/q;+1/p-1/b25-23+;. The number of unbranched alkanes of at least 4 members (excludes halogenated alkanes) is 19. The molecule has 34 heavy (non-hydrogen) atoms. The van der Waals surface area contributed by atoms with Crippen molar-refractivity contribution in [2.24, 2.45) is 5.92 Å². The van der Waals surface area contributed by atoms with Crippen LogP contribution in [0.25, 0.3) is 0 Å². The number of rotatable bonds is 26. The summed E-state index contributed by atoms with van der Waals surface area (Å²) in [5.74, 6) is 0.0193. The van der Waals surface area contributed by atoms with Crippen LogP contribution in [0.5, 0.6) is 0 Å². The molecule has 0 aliphatic carbocycles. The van der Waals surface area contributed by atoms with E-state index < -0.39 is 10.4 Å². The Bertz CT molecular complexity index is 522. The van der Waals surface area contributed by atoms with Crippen molar-refractivity contribution >= 4 is 10.4 Å². The first-order valence-electron chi connectivity index (χ1n) is 14.3. The van der Waals surface area contributed by atoms with Gasteiger partial charge in [-0.1, -0.05) is 148 Å². The van der Waals surface area contributed by atoms with Crippen molar-refractivity contribution in [1.29, 1.82) is 0 Å². The summed E-state index contributed by atoms with van der Waals surface area (Å²) in [6.45, 7) is 4.49. The quantitative estimate of drug-likeness (QED) is 0.0438. The first kappa shape index (κ1) is 37.4. The monoisotopic (exact) mass is 526 g/mol. The van der Waals surface area contributed by atoms with Gasteiger partial charge in [-0.3, -0.25) is 4.18 Å². The third-order valence-corrected chi connectivity index (χ3v) is 6.91. The van der Waals surface area contributed by atoms with Crippen LogP contribution in [0.15, 0.2) is 12.2 Å². The first-order valence-corrected chi connectivity index (χ1v) is 15.6. The van der Waals surface area contributed by atoms with Gasteiger partial charge in [0, 0.05) is 5.92 Å². The zero-order chi connectivity index (χ0) is 24.5. The van der Waals surface area contributed by atoms with Crippen molar-refractivity contribution in [2.45, 2.75) is 155 Å². The smallest absolute Gasteiger partial charge is 0.726 e. The van der Waals surface area contributed by atoms with Crippen LogP contribution in [0.1, 0.15) is 155 Å². The van der Waals surface area contributed by atoms with Gasteiger partial charge in [-0.15, -0.1) is 0 Å². The van der Waals surface area contributed by atoms with E-state index in [-0.39, 0.29) is 63.9 Å². The molecule has 0 rings (SSSR count). The van der Waals surface area contributed by atoms with Gasteiger partial charge in [0.1, 0.15) is 0 Å². The Kier molecular flexibility index (Phi) is 31.7. The molecule has 0 amide bonds. The fraction of sp³-hybridized carbons (Fsp3) is 0.929. The van der Waals surface area contributed by atoms with E-state index in [0.717, 1.165) is 19.3 Å². The van der Waals surface area contributed by atoms with Gasteiger partial charge in [-0.2, -0.15) is 0 Å². The maximum Gasteiger partial charge on any atom is 1.00 e. The molecule has 0 radical (unpaired) electrons.